The molecule has 1 heterocycles. The average molecular weight is 277 g/mol. The summed E-state index contributed by atoms with van der Waals surface area (Å²) in [7, 11) is 0. The average Bonchev–Trinajstić information content (AvgIpc) is 2.57. The molecule has 1 rings (SSSR count). The summed E-state index contributed by atoms with van der Waals surface area (Å²) < 4.78 is 6.11. The van der Waals surface area contributed by atoms with Gasteiger partial charge in [0.25, 0.3) is 0 Å². The van der Waals surface area contributed by atoms with Gasteiger partial charge in [0, 0.05) is 12.0 Å². The van der Waals surface area contributed by atoms with Gasteiger partial charge in [-0.2, -0.15) is 10.5 Å². The molecule has 4 N–H and O–H groups in total. The van der Waals surface area contributed by atoms with Crippen LogP contribution in [0.1, 0.15) is 26.1 Å². The summed E-state index contributed by atoms with van der Waals surface area (Å²) in [5, 5.41) is 10.5. The first-order chi connectivity index (χ1) is 8.04. The van der Waals surface area contributed by atoms with Gasteiger partial charge in [0.1, 0.15) is 0 Å². The minimum atomic E-state index is -0.311. The largest absolute Gasteiger partial charge is 1.00 e. The van der Waals surface area contributed by atoms with Crippen LogP contribution in [0.2, 0.25) is 0 Å². The number of rotatable bonds is 5. The van der Waals surface area contributed by atoms with Crippen LogP contribution < -0.4 is 28.4 Å². The van der Waals surface area contributed by atoms with Crippen molar-refractivity contribution in [3.05, 3.63) is 5.82 Å². The predicted octanol–water partition coefficient (Wildman–Crippen LogP) is -3.54. The lowest BCUT2D eigenvalue weighted by Crippen LogP contribution is -3.00. The number of hydrogen-bond acceptors (Lipinski definition) is 6. The minimum Gasteiger partial charge on any atom is -1.00 e. The maximum atomic E-state index is 11.2. The number of esters is 1. The number of carbonyl (C=O) groups excluding carboxylic acids is 1. The van der Waals surface area contributed by atoms with E-state index in [9.17, 15) is 4.79 Å². The summed E-state index contributed by atoms with van der Waals surface area (Å²) in [4.78, 5) is 11.2. The Balaban J connectivity index is 0.00000289. The number of halogens is 1. The smallest absolute Gasteiger partial charge is 0.421 e. The van der Waals surface area contributed by atoms with Crippen LogP contribution in [0.3, 0.4) is 0 Å². The van der Waals surface area contributed by atoms with Gasteiger partial charge < -0.3 is 17.1 Å². The van der Waals surface area contributed by atoms with Gasteiger partial charge in [0.05, 0.1) is 18.7 Å². The van der Waals surface area contributed by atoms with E-state index in [0.29, 0.717) is 24.1 Å². The fraction of sp³-hybridized carbons (Fsp3) is 0.556. The molecule has 1 aromatic rings. The second kappa shape index (κ2) is 7.49. The Labute approximate surface area is 111 Å². The maximum Gasteiger partial charge on any atom is 0.421 e. The van der Waals surface area contributed by atoms with E-state index in [0.717, 1.165) is 0 Å². The van der Waals surface area contributed by atoms with Crippen LogP contribution in [0.15, 0.2) is 5.10 Å². The number of hydrogen-bond donors (Lipinski definition) is 3. The number of nitrogens with zero attached hydrogens (tertiary/aromatic N) is 3. The van der Waals surface area contributed by atoms with Crippen LogP contribution in [0.4, 0.5) is 5.95 Å². The lowest BCUT2D eigenvalue weighted by molar-refractivity contribution is -0.631. The van der Waals surface area contributed by atoms with E-state index in [1.165, 1.54) is 4.68 Å². The van der Waals surface area contributed by atoms with E-state index in [1.807, 2.05) is 0 Å². The minimum absolute atomic E-state index is 0. The summed E-state index contributed by atoms with van der Waals surface area (Å²) in [5.74, 6) is 6.38. The molecule has 0 aliphatic heterocycles. The van der Waals surface area contributed by atoms with Crippen molar-refractivity contribution in [3.63, 3.8) is 0 Å². The van der Waals surface area contributed by atoms with E-state index in [1.54, 1.807) is 20.8 Å². The summed E-state index contributed by atoms with van der Waals surface area (Å²) >= 11 is 0. The van der Waals surface area contributed by atoms with E-state index in [-0.39, 0.29) is 24.8 Å². The molecule has 0 bridgehead atoms. The third-order valence-corrected chi connectivity index (χ3v) is 1.97. The van der Waals surface area contributed by atoms with Crippen molar-refractivity contribution in [1.82, 2.24) is 10.2 Å². The number of aryl methyl sites for hydroxylation is 1. The normalized spacial score (nSPS) is 10.7. The number of H-pyrrole nitrogens is 1. The molecule has 1 aromatic heterocycles. The fourth-order valence-electron chi connectivity index (χ4n) is 1.09. The standard InChI is InChI=1S/C9H16N6O2.ClH/c1-4-17-8(16)5-6(2)11-13-9-14-12-7(3)15(9)10;/h4-5,10H2,1-3H3,(H,13,14);1H. The van der Waals surface area contributed by atoms with Crippen LogP contribution in [-0.2, 0) is 9.53 Å². The summed E-state index contributed by atoms with van der Waals surface area (Å²) in [5.41, 5.74) is 3.24. The first-order valence-electron chi connectivity index (χ1n) is 5.21. The Bertz CT molecular complexity index is 431. The molecule has 0 radical (unpaired) electrons. The quantitative estimate of drug-likeness (QED) is 0.170. The number of nitrogens with one attached hydrogen (secondary N) is 2. The summed E-state index contributed by atoms with van der Waals surface area (Å²) in [6, 6.07) is 0. The van der Waals surface area contributed by atoms with Gasteiger partial charge in [-0.15, -0.1) is 9.78 Å². The number of anilines is 1. The van der Waals surface area contributed by atoms with Crippen molar-refractivity contribution in [1.29, 1.82) is 0 Å². The molecule has 0 unspecified atom stereocenters. The Morgan fingerprint density at radius 3 is 2.83 bits per heavy atom. The summed E-state index contributed by atoms with van der Waals surface area (Å²) in [6.45, 7) is 5.60. The molecule has 0 fully saturated rings. The zero-order chi connectivity index (χ0) is 12.8. The third-order valence-electron chi connectivity index (χ3n) is 1.97. The molecule has 102 valence electrons. The molecule has 0 aromatic carbocycles. The zero-order valence-corrected chi connectivity index (χ0v) is 11.3. The molecule has 0 amide bonds. The topological polar surface area (TPSA) is 109 Å². The van der Waals surface area contributed by atoms with Gasteiger partial charge in [-0.25, -0.2) is 0 Å². The fourth-order valence-corrected chi connectivity index (χ4v) is 1.09. The highest BCUT2D eigenvalue weighted by molar-refractivity contribution is 5.97. The van der Waals surface area contributed by atoms with E-state index >= 15 is 0 Å². The van der Waals surface area contributed by atoms with E-state index in [4.69, 9.17) is 10.6 Å². The molecule has 0 aliphatic carbocycles. The van der Waals surface area contributed by atoms with Crippen LogP contribution in [0.5, 0.6) is 0 Å². The number of aromatic nitrogens is 3. The predicted molar refractivity (Wildman–Crippen MR) is 61.7 cm³/mol. The highest BCUT2D eigenvalue weighted by Gasteiger charge is 2.13. The molecule has 0 saturated carbocycles. The van der Waals surface area contributed by atoms with E-state index in [2.05, 4.69) is 20.7 Å². The number of nitrogen functional groups attached to an aromatic ring is 1. The molecule has 9 heteroatoms. The first kappa shape index (κ1) is 16.2. The van der Waals surface area contributed by atoms with Crippen molar-refractivity contribution in [2.75, 3.05) is 17.9 Å². The molecule has 8 nitrogen and oxygen atoms in total. The zero-order valence-electron chi connectivity index (χ0n) is 10.5. The lowest BCUT2D eigenvalue weighted by Gasteiger charge is -2.00. The first-order valence-corrected chi connectivity index (χ1v) is 5.21. The van der Waals surface area contributed by atoms with Gasteiger partial charge in [-0.3, -0.25) is 10.6 Å². The van der Waals surface area contributed by atoms with Gasteiger partial charge in [-0.05, 0) is 13.8 Å². The van der Waals surface area contributed by atoms with Crippen LogP contribution in [0.25, 0.3) is 0 Å². The number of carbonyl (C=O) groups is 1. The highest BCUT2D eigenvalue weighted by Crippen LogP contribution is 1.95. The Morgan fingerprint density at radius 2 is 2.33 bits per heavy atom. The van der Waals surface area contributed by atoms with Crippen molar-refractivity contribution >= 4 is 17.6 Å². The van der Waals surface area contributed by atoms with Crippen molar-refractivity contribution < 1.29 is 26.6 Å². The number of hydrazone groups is 1. The summed E-state index contributed by atoms with van der Waals surface area (Å²) in [6.07, 6.45) is 0.134. The molecular formula is C9H17ClN6O2. The third kappa shape index (κ3) is 4.58. The van der Waals surface area contributed by atoms with Gasteiger partial charge in [-0.1, -0.05) is 0 Å². The molecule has 0 aliphatic rings. The van der Waals surface area contributed by atoms with Crippen LogP contribution in [-0.4, -0.2) is 28.5 Å². The Morgan fingerprint density at radius 1 is 1.67 bits per heavy atom. The van der Waals surface area contributed by atoms with Gasteiger partial charge in [0.15, 0.2) is 0 Å². The Kier molecular flexibility index (Phi) is 6.73. The molecule has 0 atom stereocenters. The second-order valence-electron chi connectivity index (χ2n) is 3.44. The SMILES string of the molecule is CCOC(=O)CC(C)=NNc1n[nH]c(C)[n+]1N.[Cl-]. The number of nitrogens with two attached hydrogens (primary N) is 1. The van der Waals surface area contributed by atoms with Crippen molar-refractivity contribution in [3.8, 4) is 0 Å². The van der Waals surface area contributed by atoms with Gasteiger partial charge in [0.2, 0.25) is 5.82 Å². The number of aromatic amines is 1. The van der Waals surface area contributed by atoms with E-state index < -0.39 is 0 Å². The number of ether oxygens (including phenoxy) is 1. The maximum absolute atomic E-state index is 11.2. The van der Waals surface area contributed by atoms with Crippen molar-refractivity contribution in [2.24, 2.45) is 5.10 Å². The van der Waals surface area contributed by atoms with Crippen LogP contribution >= 0.6 is 0 Å². The molecule has 0 spiro atoms. The van der Waals surface area contributed by atoms with Crippen molar-refractivity contribution in [2.45, 2.75) is 27.2 Å². The lowest BCUT2D eigenvalue weighted by atomic mass is 10.3. The second-order valence-corrected chi connectivity index (χ2v) is 3.44. The molecular weight excluding hydrogens is 260 g/mol. The molecule has 18 heavy (non-hydrogen) atoms. The van der Waals surface area contributed by atoms with Crippen LogP contribution in [0, 0.1) is 6.92 Å². The Hall–Kier alpha value is -1.83. The van der Waals surface area contributed by atoms with Gasteiger partial charge >= 0.3 is 11.9 Å². The highest BCUT2D eigenvalue weighted by atomic mass is 35.5. The molecule has 0 saturated heterocycles. The monoisotopic (exact) mass is 276 g/mol.